The van der Waals surface area contributed by atoms with Crippen LogP contribution in [0.15, 0.2) is 45.7 Å². The summed E-state index contributed by atoms with van der Waals surface area (Å²) in [7, 11) is -2.12. The molecule has 1 amide bonds. The third-order valence-electron chi connectivity index (χ3n) is 3.29. The van der Waals surface area contributed by atoms with E-state index in [4.69, 9.17) is 10.8 Å². The lowest BCUT2D eigenvalue weighted by Crippen LogP contribution is -2.27. The summed E-state index contributed by atoms with van der Waals surface area (Å²) < 4.78 is 31.9. The van der Waals surface area contributed by atoms with Crippen molar-refractivity contribution in [1.82, 2.24) is 9.62 Å². The van der Waals surface area contributed by atoms with Gasteiger partial charge in [0.25, 0.3) is 5.91 Å². The number of carbonyl (C=O) groups excluding carboxylic acids is 1. The van der Waals surface area contributed by atoms with Crippen molar-refractivity contribution in [2.45, 2.75) is 18.4 Å². The van der Waals surface area contributed by atoms with Gasteiger partial charge >= 0.3 is 0 Å². The summed E-state index contributed by atoms with van der Waals surface area (Å²) in [5, 5.41) is 0. The van der Waals surface area contributed by atoms with Crippen LogP contribution in [0.2, 0.25) is 0 Å². The van der Waals surface area contributed by atoms with Gasteiger partial charge in [0, 0.05) is 12.6 Å². The molecular weight excluding hydrogens is 328 g/mol. The van der Waals surface area contributed by atoms with Crippen molar-refractivity contribution < 1.29 is 17.6 Å². The van der Waals surface area contributed by atoms with Gasteiger partial charge in [0.2, 0.25) is 10.0 Å². The largest absolute Gasteiger partial charge is 0.464 e. The topological polar surface area (TPSA) is 79.6 Å². The maximum Gasteiger partial charge on any atom is 0.254 e. The van der Waals surface area contributed by atoms with Crippen LogP contribution in [0.4, 0.5) is 0 Å². The zero-order chi connectivity index (χ0) is 17.7. The van der Waals surface area contributed by atoms with Crippen molar-refractivity contribution in [3.63, 3.8) is 0 Å². The van der Waals surface area contributed by atoms with E-state index >= 15 is 0 Å². The highest BCUT2D eigenvalue weighted by molar-refractivity contribution is 7.89. The molecule has 1 N–H and O–H groups in total. The van der Waals surface area contributed by atoms with Crippen LogP contribution in [-0.2, 0) is 16.6 Å². The van der Waals surface area contributed by atoms with Crippen LogP contribution in [0.5, 0.6) is 0 Å². The molecule has 1 heterocycles. The van der Waals surface area contributed by atoms with E-state index in [2.05, 4.69) is 10.6 Å². The predicted octanol–water partition coefficient (Wildman–Crippen LogP) is 1.77. The molecule has 0 aliphatic carbocycles. The summed E-state index contributed by atoms with van der Waals surface area (Å²) in [5.74, 6) is 3.31. The molecule has 0 bridgehead atoms. The summed E-state index contributed by atoms with van der Waals surface area (Å²) in [6.07, 6.45) is 5.06. The van der Waals surface area contributed by atoms with Gasteiger partial charge in [-0.1, -0.05) is 12.0 Å². The lowest BCUT2D eigenvalue weighted by Gasteiger charge is -2.16. The van der Waals surface area contributed by atoms with Crippen molar-refractivity contribution >= 4 is 15.9 Å². The number of furan rings is 1. The van der Waals surface area contributed by atoms with Crippen molar-refractivity contribution in [2.75, 3.05) is 13.6 Å². The number of aryl methyl sites for hydroxylation is 1. The number of hydrogen-bond donors (Lipinski definition) is 1. The molecule has 0 unspecified atom stereocenters. The molecule has 0 aliphatic heterocycles. The van der Waals surface area contributed by atoms with Crippen LogP contribution in [-0.4, -0.2) is 32.8 Å². The maximum absolute atomic E-state index is 12.5. The number of benzene rings is 1. The van der Waals surface area contributed by atoms with E-state index in [-0.39, 0.29) is 22.9 Å². The molecule has 0 saturated carbocycles. The Balaban J connectivity index is 2.18. The average Bonchev–Trinajstić information content (AvgIpc) is 2.97. The molecule has 0 aliphatic rings. The van der Waals surface area contributed by atoms with Gasteiger partial charge in [0.05, 0.1) is 18.0 Å². The Hall–Kier alpha value is -2.56. The monoisotopic (exact) mass is 346 g/mol. The highest BCUT2D eigenvalue weighted by Crippen LogP contribution is 2.15. The number of sulfonamides is 1. The van der Waals surface area contributed by atoms with Crippen LogP contribution in [0.3, 0.4) is 0 Å². The van der Waals surface area contributed by atoms with E-state index in [0.29, 0.717) is 12.3 Å². The van der Waals surface area contributed by atoms with E-state index in [1.54, 1.807) is 19.2 Å². The van der Waals surface area contributed by atoms with Crippen LogP contribution in [0.25, 0.3) is 0 Å². The third kappa shape index (κ3) is 4.25. The molecule has 2 rings (SSSR count). The first kappa shape index (κ1) is 17.8. The zero-order valence-electron chi connectivity index (χ0n) is 13.4. The number of hydrogen-bond acceptors (Lipinski definition) is 4. The molecule has 24 heavy (non-hydrogen) atoms. The summed E-state index contributed by atoms with van der Waals surface area (Å²) in [5.41, 5.74) is 0.268. The van der Waals surface area contributed by atoms with Crippen LogP contribution in [0, 0.1) is 19.3 Å². The summed E-state index contributed by atoms with van der Waals surface area (Å²) in [6.45, 7) is 2.00. The molecule has 2 aromatic rings. The van der Waals surface area contributed by atoms with Gasteiger partial charge in [-0.05, 0) is 37.3 Å². The quantitative estimate of drug-likeness (QED) is 0.809. The maximum atomic E-state index is 12.5. The first-order valence-corrected chi connectivity index (χ1v) is 8.66. The second kappa shape index (κ2) is 7.34. The first-order chi connectivity index (χ1) is 11.3. The standard InChI is InChI=1S/C17H18N2O4S/c1-4-10-18-24(21,22)16-7-5-6-14(11-16)17(20)19(3)12-15-9-8-13(2)23-15/h1,5-9,11,18H,10,12H2,2-3H3. The fourth-order valence-corrected chi connectivity index (χ4v) is 3.09. The molecule has 1 aromatic carbocycles. The molecule has 7 heteroatoms. The molecule has 0 fully saturated rings. The minimum Gasteiger partial charge on any atom is -0.464 e. The lowest BCUT2D eigenvalue weighted by atomic mass is 10.2. The van der Waals surface area contributed by atoms with E-state index in [9.17, 15) is 13.2 Å². The molecular formula is C17H18N2O4S. The second-order valence-corrected chi connectivity index (χ2v) is 7.00. The van der Waals surface area contributed by atoms with E-state index in [1.807, 2.05) is 13.0 Å². The molecule has 1 aromatic heterocycles. The van der Waals surface area contributed by atoms with E-state index in [0.717, 1.165) is 5.76 Å². The SMILES string of the molecule is C#CCNS(=O)(=O)c1cccc(C(=O)N(C)Cc2ccc(C)o2)c1. The molecule has 6 nitrogen and oxygen atoms in total. The number of rotatable bonds is 6. The zero-order valence-corrected chi connectivity index (χ0v) is 14.3. The van der Waals surface area contributed by atoms with Gasteiger partial charge in [-0.2, -0.15) is 4.72 Å². The molecule has 0 atom stereocenters. The Morgan fingerprint density at radius 2 is 2.08 bits per heavy atom. The molecule has 0 spiro atoms. The smallest absolute Gasteiger partial charge is 0.254 e. The minimum absolute atomic E-state index is 0.00848. The van der Waals surface area contributed by atoms with Gasteiger partial charge in [0.1, 0.15) is 11.5 Å². The highest BCUT2D eigenvalue weighted by Gasteiger charge is 2.18. The van der Waals surface area contributed by atoms with Crippen molar-refractivity contribution in [3.05, 3.63) is 53.5 Å². The van der Waals surface area contributed by atoms with Gasteiger partial charge in [0.15, 0.2) is 0 Å². The number of carbonyl (C=O) groups is 1. The number of terminal acetylenes is 1. The Morgan fingerprint density at radius 1 is 1.33 bits per heavy atom. The van der Waals surface area contributed by atoms with Gasteiger partial charge in [-0.15, -0.1) is 6.42 Å². The van der Waals surface area contributed by atoms with Crippen molar-refractivity contribution in [3.8, 4) is 12.3 Å². The van der Waals surface area contributed by atoms with E-state index in [1.165, 1.54) is 23.1 Å². The lowest BCUT2D eigenvalue weighted by molar-refractivity contribution is 0.0774. The third-order valence-corrected chi connectivity index (χ3v) is 4.69. The van der Waals surface area contributed by atoms with Gasteiger partial charge < -0.3 is 9.32 Å². The average molecular weight is 346 g/mol. The molecule has 126 valence electrons. The highest BCUT2D eigenvalue weighted by atomic mass is 32.2. The molecule has 0 saturated heterocycles. The minimum atomic E-state index is -3.74. The normalized spacial score (nSPS) is 11.0. The van der Waals surface area contributed by atoms with Gasteiger partial charge in [-0.25, -0.2) is 8.42 Å². The summed E-state index contributed by atoms with van der Waals surface area (Å²) >= 11 is 0. The van der Waals surface area contributed by atoms with Crippen molar-refractivity contribution in [1.29, 1.82) is 0 Å². The van der Waals surface area contributed by atoms with E-state index < -0.39 is 10.0 Å². The second-order valence-electron chi connectivity index (χ2n) is 5.23. The Bertz CT molecular complexity index is 878. The Kier molecular flexibility index (Phi) is 5.44. The molecule has 0 radical (unpaired) electrons. The van der Waals surface area contributed by atoms with Crippen LogP contribution in [0.1, 0.15) is 21.9 Å². The summed E-state index contributed by atoms with van der Waals surface area (Å²) in [4.78, 5) is 13.9. The Morgan fingerprint density at radius 3 is 2.71 bits per heavy atom. The Labute approximate surface area is 141 Å². The van der Waals surface area contributed by atoms with Crippen LogP contribution >= 0.6 is 0 Å². The summed E-state index contributed by atoms with van der Waals surface area (Å²) in [6, 6.07) is 9.42. The fourth-order valence-electron chi connectivity index (χ4n) is 2.11. The van der Waals surface area contributed by atoms with Crippen LogP contribution < -0.4 is 4.72 Å². The fraction of sp³-hybridized carbons (Fsp3) is 0.235. The number of nitrogens with zero attached hydrogens (tertiary/aromatic N) is 1. The van der Waals surface area contributed by atoms with Crippen molar-refractivity contribution in [2.24, 2.45) is 0 Å². The predicted molar refractivity (Wildman–Crippen MR) is 89.7 cm³/mol. The van der Waals surface area contributed by atoms with Gasteiger partial charge in [-0.3, -0.25) is 4.79 Å². The number of nitrogens with one attached hydrogen (secondary N) is 1. The first-order valence-electron chi connectivity index (χ1n) is 7.17. The number of amides is 1.